The smallest absolute Gasteiger partial charge is 0.350 e. The van der Waals surface area contributed by atoms with Gasteiger partial charge in [0.1, 0.15) is 10.7 Å². The minimum absolute atomic E-state index is 0.144. The largest absolute Gasteiger partial charge is 0.448 e. The molecule has 0 radical (unpaired) electrons. The van der Waals surface area contributed by atoms with Crippen LogP contribution in [0, 0.1) is 12.7 Å². The first-order chi connectivity index (χ1) is 13.7. The van der Waals surface area contributed by atoms with E-state index in [4.69, 9.17) is 16.3 Å². The van der Waals surface area contributed by atoms with Gasteiger partial charge in [-0.25, -0.2) is 9.18 Å². The second kappa shape index (κ2) is 8.51. The van der Waals surface area contributed by atoms with Gasteiger partial charge in [-0.15, -0.1) is 11.3 Å². The summed E-state index contributed by atoms with van der Waals surface area (Å²) in [7, 11) is 0. The Morgan fingerprint density at radius 3 is 2.59 bits per heavy atom. The summed E-state index contributed by atoms with van der Waals surface area (Å²) in [6.45, 7) is 7.50. The highest BCUT2D eigenvalue weighted by atomic mass is 35.5. The number of thiophene rings is 1. The van der Waals surface area contributed by atoms with Crippen molar-refractivity contribution in [2.24, 2.45) is 0 Å². The van der Waals surface area contributed by atoms with Crippen LogP contribution in [0.1, 0.15) is 47.5 Å². The van der Waals surface area contributed by atoms with E-state index in [2.05, 4.69) is 5.32 Å². The minimum Gasteiger partial charge on any atom is -0.448 e. The Labute approximate surface area is 177 Å². The molecule has 0 aliphatic rings. The summed E-state index contributed by atoms with van der Waals surface area (Å²) < 4.78 is 19.3. The fourth-order valence-electron chi connectivity index (χ4n) is 3.01. The lowest BCUT2D eigenvalue weighted by Crippen LogP contribution is -2.30. The van der Waals surface area contributed by atoms with Gasteiger partial charge in [0.2, 0.25) is 0 Å². The number of esters is 1. The van der Waals surface area contributed by atoms with Gasteiger partial charge in [-0.3, -0.25) is 4.79 Å². The van der Waals surface area contributed by atoms with E-state index in [1.807, 2.05) is 39.0 Å². The predicted octanol–water partition coefficient (Wildman–Crippen LogP) is 6.31. The number of aryl methyl sites for hydroxylation is 1. The number of hydrogen-bond donors (Lipinski definition) is 1. The maximum absolute atomic E-state index is 13.4. The molecular weight excluding hydrogens is 413 g/mol. The van der Waals surface area contributed by atoms with E-state index in [1.165, 1.54) is 25.1 Å². The van der Waals surface area contributed by atoms with E-state index < -0.39 is 23.8 Å². The molecule has 152 valence electrons. The van der Waals surface area contributed by atoms with Crippen LogP contribution in [0.3, 0.4) is 0 Å². The second-order valence-corrected chi connectivity index (χ2v) is 8.55. The average Bonchev–Trinajstić information content (AvgIpc) is 2.98. The van der Waals surface area contributed by atoms with Gasteiger partial charge in [-0.1, -0.05) is 43.6 Å². The molecule has 0 saturated heterocycles. The van der Waals surface area contributed by atoms with Crippen LogP contribution in [-0.2, 0) is 9.53 Å². The highest BCUT2D eigenvalue weighted by Gasteiger charge is 2.24. The van der Waals surface area contributed by atoms with E-state index >= 15 is 0 Å². The van der Waals surface area contributed by atoms with Gasteiger partial charge in [0.25, 0.3) is 5.91 Å². The predicted molar refractivity (Wildman–Crippen MR) is 116 cm³/mol. The zero-order chi connectivity index (χ0) is 21.3. The SMILES string of the molecule is Cc1cccc(C(C)C)c1NC(=O)C(C)OC(=O)c1sc2cc(F)ccc2c1Cl. The van der Waals surface area contributed by atoms with Gasteiger partial charge in [0.05, 0.1) is 5.02 Å². The van der Waals surface area contributed by atoms with Gasteiger partial charge in [0.15, 0.2) is 6.10 Å². The van der Waals surface area contributed by atoms with Crippen LogP contribution in [-0.4, -0.2) is 18.0 Å². The molecule has 2 aromatic carbocycles. The molecule has 4 nitrogen and oxygen atoms in total. The first-order valence-electron chi connectivity index (χ1n) is 9.18. The Morgan fingerprint density at radius 1 is 1.17 bits per heavy atom. The lowest BCUT2D eigenvalue weighted by atomic mass is 9.98. The summed E-state index contributed by atoms with van der Waals surface area (Å²) in [5.74, 6) is -1.34. The molecule has 1 heterocycles. The molecular formula is C22H21ClFNO3S. The Kier molecular flexibility index (Phi) is 6.24. The molecule has 1 unspecified atom stereocenters. The summed E-state index contributed by atoms with van der Waals surface area (Å²) in [6.07, 6.45) is -1.03. The van der Waals surface area contributed by atoms with Crippen molar-refractivity contribution in [1.29, 1.82) is 0 Å². The number of carbonyl (C=O) groups excluding carboxylic acids is 2. The number of anilines is 1. The van der Waals surface area contributed by atoms with Crippen LogP contribution < -0.4 is 5.32 Å². The van der Waals surface area contributed by atoms with Crippen molar-refractivity contribution in [3.63, 3.8) is 0 Å². The molecule has 1 amide bonds. The number of fused-ring (bicyclic) bond motifs is 1. The third-order valence-corrected chi connectivity index (χ3v) is 6.24. The highest BCUT2D eigenvalue weighted by molar-refractivity contribution is 7.21. The lowest BCUT2D eigenvalue weighted by molar-refractivity contribution is -0.123. The summed E-state index contributed by atoms with van der Waals surface area (Å²) in [6, 6.07) is 9.91. The molecule has 3 rings (SSSR count). The van der Waals surface area contributed by atoms with E-state index in [1.54, 1.807) is 0 Å². The molecule has 7 heteroatoms. The van der Waals surface area contributed by atoms with Crippen molar-refractivity contribution >= 4 is 50.6 Å². The maximum atomic E-state index is 13.4. The van der Waals surface area contributed by atoms with Crippen LogP contribution in [0.15, 0.2) is 36.4 Å². The van der Waals surface area contributed by atoms with Gasteiger partial charge in [-0.05, 0) is 49.1 Å². The van der Waals surface area contributed by atoms with Crippen LogP contribution in [0.4, 0.5) is 10.1 Å². The Hall–Kier alpha value is -2.44. The second-order valence-electron chi connectivity index (χ2n) is 7.12. The van der Waals surface area contributed by atoms with Crippen LogP contribution >= 0.6 is 22.9 Å². The van der Waals surface area contributed by atoms with Crippen molar-refractivity contribution in [2.75, 3.05) is 5.32 Å². The average molecular weight is 434 g/mol. The highest BCUT2D eigenvalue weighted by Crippen LogP contribution is 2.36. The van der Waals surface area contributed by atoms with E-state index in [0.717, 1.165) is 28.2 Å². The molecule has 3 aromatic rings. The molecule has 0 aliphatic heterocycles. The van der Waals surface area contributed by atoms with Crippen molar-refractivity contribution in [3.05, 3.63) is 63.2 Å². The fraction of sp³-hybridized carbons (Fsp3) is 0.273. The molecule has 0 spiro atoms. The number of carbonyl (C=O) groups is 2. The van der Waals surface area contributed by atoms with Crippen molar-refractivity contribution in [3.8, 4) is 0 Å². The van der Waals surface area contributed by atoms with E-state index in [0.29, 0.717) is 10.1 Å². The number of amides is 1. The minimum atomic E-state index is -1.03. The molecule has 1 atom stereocenters. The van der Waals surface area contributed by atoms with Crippen molar-refractivity contribution in [1.82, 2.24) is 0 Å². The zero-order valence-electron chi connectivity index (χ0n) is 16.5. The monoisotopic (exact) mass is 433 g/mol. The summed E-state index contributed by atoms with van der Waals surface area (Å²) in [5, 5.41) is 3.64. The molecule has 29 heavy (non-hydrogen) atoms. The fourth-order valence-corrected chi connectivity index (χ4v) is 4.42. The Bertz CT molecular complexity index is 1090. The first kappa shape index (κ1) is 21.3. The molecule has 1 N–H and O–H groups in total. The third-order valence-electron chi connectivity index (χ3n) is 4.61. The van der Waals surface area contributed by atoms with Gasteiger partial charge in [-0.2, -0.15) is 0 Å². The van der Waals surface area contributed by atoms with Crippen molar-refractivity contribution < 1.29 is 18.7 Å². The standard InChI is InChI=1S/C22H21ClFNO3S/c1-11(2)15-7-5-6-12(3)19(15)25-21(26)13(4)28-22(27)20-18(23)16-9-8-14(24)10-17(16)29-20/h5-11,13H,1-4H3,(H,25,26). The lowest BCUT2D eigenvalue weighted by Gasteiger charge is -2.19. The first-order valence-corrected chi connectivity index (χ1v) is 10.4. The van der Waals surface area contributed by atoms with Crippen LogP contribution in [0.25, 0.3) is 10.1 Å². The third kappa shape index (κ3) is 4.43. The molecule has 0 fully saturated rings. The van der Waals surface area contributed by atoms with Gasteiger partial charge < -0.3 is 10.1 Å². The number of para-hydroxylation sites is 1. The van der Waals surface area contributed by atoms with Gasteiger partial charge >= 0.3 is 5.97 Å². The van der Waals surface area contributed by atoms with Crippen LogP contribution in [0.2, 0.25) is 5.02 Å². The Balaban J connectivity index is 1.77. The number of ether oxygens (including phenoxy) is 1. The number of nitrogens with one attached hydrogen (secondary N) is 1. The zero-order valence-corrected chi connectivity index (χ0v) is 18.1. The van der Waals surface area contributed by atoms with Crippen molar-refractivity contribution in [2.45, 2.75) is 39.7 Å². The number of rotatable bonds is 5. The normalized spacial score (nSPS) is 12.2. The quantitative estimate of drug-likeness (QED) is 0.479. The Morgan fingerprint density at radius 2 is 1.90 bits per heavy atom. The van der Waals surface area contributed by atoms with Crippen LogP contribution in [0.5, 0.6) is 0 Å². The number of benzene rings is 2. The molecule has 0 bridgehead atoms. The van der Waals surface area contributed by atoms with E-state index in [9.17, 15) is 14.0 Å². The van der Waals surface area contributed by atoms with Gasteiger partial charge in [0, 0.05) is 15.8 Å². The summed E-state index contributed by atoms with van der Waals surface area (Å²) in [4.78, 5) is 25.3. The summed E-state index contributed by atoms with van der Waals surface area (Å²) >= 11 is 7.29. The molecule has 0 aliphatic carbocycles. The number of hydrogen-bond acceptors (Lipinski definition) is 4. The molecule has 1 aromatic heterocycles. The number of halogens is 2. The maximum Gasteiger partial charge on any atom is 0.350 e. The topological polar surface area (TPSA) is 55.4 Å². The molecule has 0 saturated carbocycles. The summed E-state index contributed by atoms with van der Waals surface area (Å²) in [5.41, 5.74) is 2.66. The van der Waals surface area contributed by atoms with E-state index in [-0.39, 0.29) is 15.8 Å².